The summed E-state index contributed by atoms with van der Waals surface area (Å²) in [4.78, 5) is 13.9. The summed E-state index contributed by atoms with van der Waals surface area (Å²) in [5.74, 6) is 0.940. The van der Waals surface area contributed by atoms with Crippen LogP contribution < -0.4 is 10.1 Å². The molecule has 0 aliphatic carbocycles. The van der Waals surface area contributed by atoms with Crippen LogP contribution in [0.5, 0.6) is 5.75 Å². The van der Waals surface area contributed by atoms with E-state index in [-0.39, 0.29) is 17.7 Å². The molecule has 0 aliphatic heterocycles. The zero-order chi connectivity index (χ0) is 22.3. The Labute approximate surface area is 194 Å². The van der Waals surface area contributed by atoms with Crippen LogP contribution in [0.1, 0.15) is 27.6 Å². The molecule has 0 spiro atoms. The molecular weight excluding hydrogens is 442 g/mol. The van der Waals surface area contributed by atoms with E-state index in [4.69, 9.17) is 4.74 Å². The molecule has 0 bridgehead atoms. The van der Waals surface area contributed by atoms with Gasteiger partial charge in [0.2, 0.25) is 11.1 Å². The largest absolute Gasteiger partial charge is 0.497 e. The average molecular weight is 466 g/mol. The minimum absolute atomic E-state index is 0.0760. The van der Waals surface area contributed by atoms with Gasteiger partial charge in [0.1, 0.15) is 5.75 Å². The third kappa shape index (κ3) is 5.54. The van der Waals surface area contributed by atoms with Crippen LogP contribution in [-0.4, -0.2) is 39.0 Å². The number of carbonyl (C=O) groups excluding carboxylic acids is 1. The van der Waals surface area contributed by atoms with Crippen LogP contribution in [0.3, 0.4) is 0 Å². The van der Waals surface area contributed by atoms with Crippen molar-refractivity contribution in [1.82, 2.24) is 25.5 Å². The number of ether oxygens (including phenoxy) is 1. The van der Waals surface area contributed by atoms with Gasteiger partial charge in [0, 0.05) is 4.88 Å². The second-order valence-electron chi connectivity index (χ2n) is 7.18. The maximum atomic E-state index is 12.8. The normalized spacial score (nSPS) is 11.8. The molecule has 4 rings (SSSR count). The number of thioether (sulfide) groups is 1. The zero-order valence-electron chi connectivity index (χ0n) is 17.8. The number of thiophene rings is 1. The number of hydrogen-bond donors (Lipinski definition) is 1. The molecule has 9 heteroatoms. The monoisotopic (exact) mass is 465 g/mol. The highest BCUT2D eigenvalue weighted by molar-refractivity contribution is 7.99. The second kappa shape index (κ2) is 10.4. The number of tetrazole rings is 1. The minimum Gasteiger partial charge on any atom is -0.497 e. The van der Waals surface area contributed by atoms with Gasteiger partial charge in [-0.3, -0.25) is 4.79 Å². The molecule has 0 aliphatic rings. The molecule has 7 nitrogen and oxygen atoms in total. The van der Waals surface area contributed by atoms with E-state index < -0.39 is 0 Å². The molecule has 32 heavy (non-hydrogen) atoms. The van der Waals surface area contributed by atoms with Crippen LogP contribution in [0.25, 0.3) is 0 Å². The number of hydrogen-bond acceptors (Lipinski definition) is 7. The number of aromatic nitrogens is 4. The van der Waals surface area contributed by atoms with Gasteiger partial charge in [0.15, 0.2) is 0 Å². The molecule has 4 aromatic rings. The predicted molar refractivity (Wildman–Crippen MR) is 126 cm³/mol. The SMILES string of the molecule is COc1ccc(Cn2nnnc2SCC(=O)NC(c2ccc(C)cc2)c2cccs2)cc1. The number of rotatable bonds is 9. The lowest BCUT2D eigenvalue weighted by Gasteiger charge is -2.18. The van der Waals surface area contributed by atoms with Gasteiger partial charge in [-0.1, -0.05) is 59.8 Å². The van der Waals surface area contributed by atoms with Gasteiger partial charge in [-0.15, -0.1) is 16.4 Å². The number of carbonyl (C=O) groups is 1. The Balaban J connectivity index is 1.40. The van der Waals surface area contributed by atoms with E-state index in [1.807, 2.05) is 41.8 Å². The molecule has 0 saturated carbocycles. The highest BCUT2D eigenvalue weighted by Gasteiger charge is 2.19. The number of amides is 1. The standard InChI is InChI=1S/C23H23N5O2S2/c1-16-5-9-18(10-6-16)22(20-4-3-13-31-20)24-21(29)15-32-23-25-26-27-28(23)14-17-7-11-19(30-2)12-8-17/h3-13,22H,14-15H2,1-2H3,(H,24,29). The van der Waals surface area contributed by atoms with E-state index in [9.17, 15) is 4.79 Å². The fourth-order valence-corrected chi connectivity index (χ4v) is 4.66. The molecule has 164 valence electrons. The van der Waals surface area contributed by atoms with Crippen molar-refractivity contribution in [2.75, 3.05) is 12.9 Å². The summed E-state index contributed by atoms with van der Waals surface area (Å²) in [6.45, 7) is 2.57. The summed E-state index contributed by atoms with van der Waals surface area (Å²) in [6.07, 6.45) is 0. The maximum Gasteiger partial charge on any atom is 0.231 e. The highest BCUT2D eigenvalue weighted by atomic mass is 32.2. The molecule has 0 radical (unpaired) electrons. The summed E-state index contributed by atoms with van der Waals surface area (Å²) in [5, 5.41) is 17.7. The van der Waals surface area contributed by atoms with Gasteiger partial charge in [-0.25, -0.2) is 4.68 Å². The fraction of sp³-hybridized carbons (Fsp3) is 0.217. The molecule has 1 N–H and O–H groups in total. The van der Waals surface area contributed by atoms with Gasteiger partial charge in [-0.2, -0.15) is 0 Å². The van der Waals surface area contributed by atoms with Crippen molar-refractivity contribution in [2.24, 2.45) is 0 Å². The Morgan fingerprint density at radius 3 is 2.62 bits per heavy atom. The van der Waals surface area contributed by atoms with E-state index in [2.05, 4.69) is 52.0 Å². The van der Waals surface area contributed by atoms with Crippen molar-refractivity contribution in [3.63, 3.8) is 0 Å². The van der Waals surface area contributed by atoms with Crippen molar-refractivity contribution in [3.8, 4) is 5.75 Å². The first-order chi connectivity index (χ1) is 15.6. The highest BCUT2D eigenvalue weighted by Crippen LogP contribution is 2.27. The first-order valence-corrected chi connectivity index (χ1v) is 11.9. The van der Waals surface area contributed by atoms with Gasteiger partial charge in [0.05, 0.1) is 25.4 Å². The van der Waals surface area contributed by atoms with Gasteiger partial charge in [0.25, 0.3) is 0 Å². The average Bonchev–Trinajstić information content (AvgIpc) is 3.50. The summed E-state index contributed by atoms with van der Waals surface area (Å²) >= 11 is 2.95. The second-order valence-corrected chi connectivity index (χ2v) is 9.10. The predicted octanol–water partition coefficient (Wildman–Crippen LogP) is 4.10. The third-order valence-corrected chi connectivity index (χ3v) is 6.76. The smallest absolute Gasteiger partial charge is 0.231 e. The first-order valence-electron chi connectivity index (χ1n) is 10.0. The van der Waals surface area contributed by atoms with Crippen molar-refractivity contribution in [1.29, 1.82) is 0 Å². The number of methoxy groups -OCH3 is 1. The van der Waals surface area contributed by atoms with Crippen LogP contribution in [0.15, 0.2) is 71.2 Å². The number of nitrogens with one attached hydrogen (secondary N) is 1. The van der Waals surface area contributed by atoms with Crippen molar-refractivity contribution >= 4 is 29.0 Å². The van der Waals surface area contributed by atoms with Crippen LogP contribution in [0, 0.1) is 6.92 Å². The first kappa shape index (κ1) is 22.0. The molecular formula is C23H23N5O2S2. The van der Waals surface area contributed by atoms with E-state index in [0.717, 1.165) is 21.8 Å². The summed E-state index contributed by atoms with van der Waals surface area (Å²) in [5.41, 5.74) is 3.28. The Morgan fingerprint density at radius 2 is 1.94 bits per heavy atom. The number of aryl methyl sites for hydroxylation is 1. The number of nitrogens with zero attached hydrogens (tertiary/aromatic N) is 4. The Bertz CT molecular complexity index is 1140. The molecule has 0 saturated heterocycles. The van der Waals surface area contributed by atoms with Crippen molar-refractivity contribution in [2.45, 2.75) is 24.7 Å². The zero-order valence-corrected chi connectivity index (χ0v) is 19.4. The van der Waals surface area contributed by atoms with Gasteiger partial charge < -0.3 is 10.1 Å². The van der Waals surface area contributed by atoms with E-state index in [1.54, 1.807) is 23.1 Å². The minimum atomic E-state index is -0.181. The molecule has 2 heterocycles. The van der Waals surface area contributed by atoms with E-state index in [1.165, 1.54) is 17.3 Å². The lowest BCUT2D eigenvalue weighted by molar-refractivity contribution is -0.119. The molecule has 1 atom stereocenters. The van der Waals surface area contributed by atoms with Crippen molar-refractivity contribution < 1.29 is 9.53 Å². The summed E-state index contributed by atoms with van der Waals surface area (Å²) in [7, 11) is 1.64. The van der Waals surface area contributed by atoms with Crippen LogP contribution in [-0.2, 0) is 11.3 Å². The molecule has 0 fully saturated rings. The third-order valence-electron chi connectivity index (χ3n) is 4.87. The van der Waals surface area contributed by atoms with Crippen LogP contribution in [0.4, 0.5) is 0 Å². The van der Waals surface area contributed by atoms with Crippen LogP contribution in [0.2, 0.25) is 0 Å². The fourth-order valence-electron chi connectivity index (χ4n) is 3.17. The lowest BCUT2D eigenvalue weighted by atomic mass is 10.0. The Kier molecular flexibility index (Phi) is 7.18. The van der Waals surface area contributed by atoms with Gasteiger partial charge in [-0.05, 0) is 52.1 Å². The van der Waals surface area contributed by atoms with Crippen molar-refractivity contribution in [3.05, 3.63) is 87.6 Å². The van der Waals surface area contributed by atoms with Gasteiger partial charge >= 0.3 is 0 Å². The molecule has 2 aromatic heterocycles. The molecule has 2 aromatic carbocycles. The van der Waals surface area contributed by atoms with E-state index >= 15 is 0 Å². The van der Waals surface area contributed by atoms with E-state index in [0.29, 0.717) is 11.7 Å². The Morgan fingerprint density at radius 1 is 1.16 bits per heavy atom. The maximum absolute atomic E-state index is 12.8. The molecule has 1 unspecified atom stereocenters. The quantitative estimate of drug-likeness (QED) is 0.375. The molecule has 1 amide bonds. The van der Waals surface area contributed by atoms with Crippen LogP contribution >= 0.6 is 23.1 Å². The number of benzene rings is 2. The Hall–Kier alpha value is -3.17. The summed E-state index contributed by atoms with van der Waals surface area (Å²) in [6, 6.07) is 19.8. The topological polar surface area (TPSA) is 81.9 Å². The lowest BCUT2D eigenvalue weighted by Crippen LogP contribution is -2.30. The summed E-state index contributed by atoms with van der Waals surface area (Å²) < 4.78 is 6.89.